The molecule has 0 aromatic heterocycles. The van der Waals surface area contributed by atoms with Crippen molar-refractivity contribution in [2.45, 2.75) is 58.7 Å². The molecule has 1 fully saturated rings. The molecule has 4 heteroatoms. The normalized spacial score (nSPS) is 27.2. The van der Waals surface area contributed by atoms with E-state index in [1.54, 1.807) is 0 Å². The highest BCUT2D eigenvalue weighted by Gasteiger charge is 2.35. The van der Waals surface area contributed by atoms with E-state index < -0.39 is 0 Å². The first-order chi connectivity index (χ1) is 6.48. The van der Waals surface area contributed by atoms with Crippen LogP contribution in [-0.4, -0.2) is 21.8 Å². The maximum absolute atomic E-state index is 5.27. The maximum atomic E-state index is 5.27. The van der Waals surface area contributed by atoms with E-state index in [2.05, 4.69) is 38.4 Å². The first-order valence-electron chi connectivity index (χ1n) is 5.37. The zero-order valence-corrected chi connectivity index (χ0v) is 10.4. The smallest absolute Gasteiger partial charge is 0.185 e. The number of hydrogen-bond acceptors (Lipinski definition) is 2. The molecular weight excluding hydrogens is 194 g/mol. The van der Waals surface area contributed by atoms with E-state index >= 15 is 0 Å². The zero-order chi connectivity index (χ0) is 10.8. The average Bonchev–Trinajstić information content (AvgIpc) is 2.39. The lowest BCUT2D eigenvalue weighted by atomic mass is 10.1. The molecular formula is C10H21N3S. The van der Waals surface area contributed by atoms with Crippen molar-refractivity contribution in [1.82, 2.24) is 15.8 Å². The van der Waals surface area contributed by atoms with Gasteiger partial charge in [0.25, 0.3) is 0 Å². The van der Waals surface area contributed by atoms with Crippen LogP contribution < -0.4 is 10.7 Å². The monoisotopic (exact) mass is 215 g/mol. The van der Waals surface area contributed by atoms with Crippen LogP contribution in [-0.2, 0) is 0 Å². The summed E-state index contributed by atoms with van der Waals surface area (Å²) in [6.45, 7) is 8.63. The molecule has 1 saturated heterocycles. The number of hydrogen-bond donors (Lipinski definition) is 2. The van der Waals surface area contributed by atoms with Crippen LogP contribution in [0.1, 0.15) is 47.0 Å². The molecule has 0 aromatic rings. The van der Waals surface area contributed by atoms with Crippen molar-refractivity contribution >= 4 is 17.3 Å². The molecule has 1 aliphatic rings. The first-order valence-corrected chi connectivity index (χ1v) is 5.78. The van der Waals surface area contributed by atoms with Gasteiger partial charge in [0.15, 0.2) is 5.11 Å². The van der Waals surface area contributed by atoms with Crippen molar-refractivity contribution in [3.63, 3.8) is 0 Å². The summed E-state index contributed by atoms with van der Waals surface area (Å²) in [7, 11) is 0. The van der Waals surface area contributed by atoms with Crippen LogP contribution in [0, 0.1) is 0 Å². The van der Waals surface area contributed by atoms with Crippen LogP contribution >= 0.6 is 12.2 Å². The van der Waals surface area contributed by atoms with Gasteiger partial charge in [0.2, 0.25) is 0 Å². The predicted molar refractivity (Wildman–Crippen MR) is 63.8 cm³/mol. The van der Waals surface area contributed by atoms with Gasteiger partial charge in [0.1, 0.15) is 5.66 Å². The lowest BCUT2D eigenvalue weighted by Crippen LogP contribution is -2.49. The molecule has 1 atom stereocenters. The summed E-state index contributed by atoms with van der Waals surface area (Å²) in [4.78, 5) is 0. The van der Waals surface area contributed by atoms with Gasteiger partial charge in [0, 0.05) is 6.04 Å². The van der Waals surface area contributed by atoms with Crippen LogP contribution in [0.15, 0.2) is 0 Å². The molecule has 1 rings (SSSR count). The van der Waals surface area contributed by atoms with Gasteiger partial charge in [-0.1, -0.05) is 13.3 Å². The Hall–Kier alpha value is -0.350. The van der Waals surface area contributed by atoms with Gasteiger partial charge in [-0.2, -0.15) is 0 Å². The van der Waals surface area contributed by atoms with E-state index in [0.717, 1.165) is 11.5 Å². The van der Waals surface area contributed by atoms with Crippen LogP contribution in [0.2, 0.25) is 0 Å². The van der Waals surface area contributed by atoms with Crippen molar-refractivity contribution < 1.29 is 0 Å². The van der Waals surface area contributed by atoms with Crippen molar-refractivity contribution in [3.8, 4) is 0 Å². The molecule has 3 nitrogen and oxygen atoms in total. The van der Waals surface area contributed by atoms with E-state index in [1.165, 1.54) is 12.8 Å². The molecule has 1 aliphatic heterocycles. The first kappa shape index (κ1) is 11.7. The van der Waals surface area contributed by atoms with Gasteiger partial charge < -0.3 is 5.32 Å². The highest BCUT2D eigenvalue weighted by atomic mass is 32.1. The van der Waals surface area contributed by atoms with Crippen LogP contribution in [0.3, 0.4) is 0 Å². The third kappa shape index (κ3) is 2.58. The Morgan fingerprint density at radius 2 is 2.14 bits per heavy atom. The van der Waals surface area contributed by atoms with Crippen molar-refractivity contribution in [1.29, 1.82) is 0 Å². The molecule has 0 unspecified atom stereocenters. The lowest BCUT2D eigenvalue weighted by Gasteiger charge is -2.27. The van der Waals surface area contributed by atoms with Crippen LogP contribution in [0.4, 0.5) is 0 Å². The molecule has 0 saturated carbocycles. The minimum atomic E-state index is -0.0443. The summed E-state index contributed by atoms with van der Waals surface area (Å²) in [6, 6.07) is 0.401. The number of thiocarbonyl (C=S) groups is 1. The van der Waals surface area contributed by atoms with Crippen LogP contribution in [0.5, 0.6) is 0 Å². The molecule has 0 bridgehead atoms. The van der Waals surface area contributed by atoms with Crippen LogP contribution in [0.25, 0.3) is 0 Å². The number of unbranched alkanes of at least 4 members (excludes halogenated alkanes) is 1. The third-order valence-electron chi connectivity index (χ3n) is 2.52. The SMILES string of the molecule is CCCC[C@]1(C)NC(=S)N(C(C)C)N1. The zero-order valence-electron chi connectivity index (χ0n) is 9.55. The molecule has 1 heterocycles. The second kappa shape index (κ2) is 4.45. The summed E-state index contributed by atoms with van der Waals surface area (Å²) in [5.74, 6) is 0. The Balaban J connectivity index is 2.56. The van der Waals surface area contributed by atoms with E-state index in [4.69, 9.17) is 12.2 Å². The van der Waals surface area contributed by atoms with E-state index in [1.807, 2.05) is 5.01 Å². The Bertz CT molecular complexity index is 217. The summed E-state index contributed by atoms with van der Waals surface area (Å²) < 4.78 is 0. The quantitative estimate of drug-likeness (QED) is 0.701. The average molecular weight is 215 g/mol. The topological polar surface area (TPSA) is 27.3 Å². The molecule has 0 aromatic carbocycles. The maximum Gasteiger partial charge on any atom is 0.185 e. The van der Waals surface area contributed by atoms with Gasteiger partial charge in [-0.05, 0) is 45.8 Å². The van der Waals surface area contributed by atoms with E-state index in [9.17, 15) is 0 Å². The van der Waals surface area contributed by atoms with Crippen molar-refractivity contribution in [2.24, 2.45) is 0 Å². The van der Waals surface area contributed by atoms with Gasteiger partial charge in [-0.15, -0.1) is 0 Å². The Morgan fingerprint density at radius 3 is 2.57 bits per heavy atom. The highest BCUT2D eigenvalue weighted by molar-refractivity contribution is 7.80. The van der Waals surface area contributed by atoms with E-state index in [0.29, 0.717) is 6.04 Å². The van der Waals surface area contributed by atoms with Gasteiger partial charge >= 0.3 is 0 Å². The van der Waals surface area contributed by atoms with Gasteiger partial charge in [-0.3, -0.25) is 5.01 Å². The second-order valence-corrected chi connectivity index (χ2v) is 4.83. The molecule has 0 amide bonds. The van der Waals surface area contributed by atoms with Crippen molar-refractivity contribution in [3.05, 3.63) is 0 Å². The lowest BCUT2D eigenvalue weighted by molar-refractivity contribution is 0.190. The molecule has 0 aliphatic carbocycles. The van der Waals surface area contributed by atoms with Crippen molar-refractivity contribution in [2.75, 3.05) is 0 Å². The number of nitrogens with zero attached hydrogens (tertiary/aromatic N) is 1. The summed E-state index contributed by atoms with van der Waals surface area (Å²) in [5.41, 5.74) is 3.39. The summed E-state index contributed by atoms with van der Waals surface area (Å²) in [6.07, 6.45) is 3.53. The minimum absolute atomic E-state index is 0.0443. The Kier molecular flexibility index (Phi) is 3.72. The highest BCUT2D eigenvalue weighted by Crippen LogP contribution is 2.18. The molecule has 82 valence electrons. The Morgan fingerprint density at radius 1 is 1.50 bits per heavy atom. The second-order valence-electron chi connectivity index (χ2n) is 4.44. The Labute approximate surface area is 92.2 Å². The molecule has 0 spiro atoms. The largest absolute Gasteiger partial charge is 0.342 e. The standard InChI is InChI=1S/C10H21N3S/c1-5-6-7-10(4)11-9(14)13(12-10)8(2)3/h8,12H,5-7H2,1-4H3,(H,11,14)/t10-/m1/s1. The fraction of sp³-hybridized carbons (Fsp3) is 0.900. The molecule has 14 heavy (non-hydrogen) atoms. The van der Waals surface area contributed by atoms with Gasteiger partial charge in [0.05, 0.1) is 0 Å². The molecule has 2 N–H and O–H groups in total. The summed E-state index contributed by atoms with van der Waals surface area (Å²) >= 11 is 5.27. The predicted octanol–water partition coefficient (Wildman–Crippen LogP) is 2.00. The number of hydrazine groups is 1. The van der Waals surface area contributed by atoms with E-state index in [-0.39, 0.29) is 5.66 Å². The minimum Gasteiger partial charge on any atom is -0.342 e. The fourth-order valence-electron chi connectivity index (χ4n) is 1.65. The third-order valence-corrected chi connectivity index (χ3v) is 2.81. The molecule has 0 radical (unpaired) electrons. The summed E-state index contributed by atoms with van der Waals surface area (Å²) in [5, 5.41) is 6.19. The number of rotatable bonds is 4. The number of nitrogens with one attached hydrogen (secondary N) is 2. The van der Waals surface area contributed by atoms with Gasteiger partial charge in [-0.25, -0.2) is 5.43 Å². The fourth-order valence-corrected chi connectivity index (χ4v) is 2.13.